The van der Waals surface area contributed by atoms with E-state index >= 15 is 0 Å². The Morgan fingerprint density at radius 1 is 1.08 bits per heavy atom. The third kappa shape index (κ3) is 4.83. The molecule has 0 aliphatic carbocycles. The monoisotopic (exact) mass is 370 g/mol. The first-order valence-corrected chi connectivity index (χ1v) is 8.12. The summed E-state index contributed by atoms with van der Waals surface area (Å²) in [6.07, 6.45) is 4.61. The third-order valence-corrected chi connectivity index (χ3v) is 4.10. The van der Waals surface area contributed by atoms with Crippen LogP contribution in [0.1, 0.15) is 26.7 Å². The van der Waals surface area contributed by atoms with Crippen LogP contribution in [-0.2, 0) is 38.0 Å². The molecule has 146 valence electrons. The molecule has 1 aliphatic rings. The number of esters is 2. The highest BCUT2D eigenvalue weighted by molar-refractivity contribution is 5.86. The standard InChI is InChI=1S/C18H26O8/c1-7-9-11-23-15(19)13-14(16(20)24-12-10-8-2)26-18(4,22-6)17(3,21-5)25-13/h1,8,13-14H,2,9-12H2,3-6H3. The second kappa shape index (κ2) is 9.69. The van der Waals surface area contributed by atoms with Crippen molar-refractivity contribution in [2.24, 2.45) is 0 Å². The molecular weight excluding hydrogens is 344 g/mol. The van der Waals surface area contributed by atoms with Crippen molar-refractivity contribution in [3.63, 3.8) is 0 Å². The second-order valence-corrected chi connectivity index (χ2v) is 5.74. The molecule has 1 rings (SSSR count). The van der Waals surface area contributed by atoms with Gasteiger partial charge in [-0.05, 0) is 20.3 Å². The molecule has 0 aromatic heterocycles. The minimum atomic E-state index is -1.48. The fraction of sp³-hybridized carbons (Fsp3) is 0.667. The van der Waals surface area contributed by atoms with Crippen LogP contribution in [0.5, 0.6) is 0 Å². The average Bonchev–Trinajstić information content (AvgIpc) is 2.63. The fourth-order valence-electron chi connectivity index (χ4n) is 2.25. The van der Waals surface area contributed by atoms with Gasteiger partial charge in [0.25, 0.3) is 0 Å². The lowest BCUT2D eigenvalue weighted by atomic mass is 10.0. The summed E-state index contributed by atoms with van der Waals surface area (Å²) in [6.45, 7) is 6.68. The maximum absolute atomic E-state index is 12.4. The van der Waals surface area contributed by atoms with Gasteiger partial charge < -0.3 is 28.4 Å². The van der Waals surface area contributed by atoms with Gasteiger partial charge in [0, 0.05) is 20.6 Å². The van der Waals surface area contributed by atoms with Crippen LogP contribution in [0.15, 0.2) is 12.7 Å². The Bertz CT molecular complexity index is 554. The lowest BCUT2D eigenvalue weighted by Gasteiger charge is -2.50. The second-order valence-electron chi connectivity index (χ2n) is 5.74. The number of rotatable bonds is 9. The molecule has 0 aromatic carbocycles. The Morgan fingerprint density at radius 2 is 1.54 bits per heavy atom. The Morgan fingerprint density at radius 3 is 1.92 bits per heavy atom. The van der Waals surface area contributed by atoms with Gasteiger partial charge in [0.15, 0.2) is 12.2 Å². The van der Waals surface area contributed by atoms with E-state index in [1.165, 1.54) is 28.1 Å². The summed E-state index contributed by atoms with van der Waals surface area (Å²) in [5.41, 5.74) is 0. The highest BCUT2D eigenvalue weighted by atomic mass is 16.8. The van der Waals surface area contributed by atoms with Gasteiger partial charge in [0.1, 0.15) is 6.61 Å². The number of terminal acetylenes is 1. The Hall–Kier alpha value is -1.92. The molecule has 1 aliphatic heterocycles. The minimum Gasteiger partial charge on any atom is -0.463 e. The summed E-state index contributed by atoms with van der Waals surface area (Å²) >= 11 is 0. The molecule has 0 bridgehead atoms. The van der Waals surface area contributed by atoms with Crippen LogP contribution in [-0.4, -0.2) is 63.2 Å². The van der Waals surface area contributed by atoms with Gasteiger partial charge >= 0.3 is 11.9 Å². The van der Waals surface area contributed by atoms with E-state index in [9.17, 15) is 9.59 Å². The molecular formula is C18H26O8. The summed E-state index contributed by atoms with van der Waals surface area (Å²) < 4.78 is 32.4. The van der Waals surface area contributed by atoms with Gasteiger partial charge in [-0.3, -0.25) is 0 Å². The van der Waals surface area contributed by atoms with E-state index in [0.29, 0.717) is 6.42 Å². The molecule has 8 heteroatoms. The van der Waals surface area contributed by atoms with Gasteiger partial charge in [0.2, 0.25) is 11.6 Å². The van der Waals surface area contributed by atoms with Gasteiger partial charge in [-0.1, -0.05) is 6.08 Å². The minimum absolute atomic E-state index is 0.0152. The van der Waals surface area contributed by atoms with E-state index in [1.807, 2.05) is 0 Å². The quantitative estimate of drug-likeness (QED) is 0.259. The molecule has 1 heterocycles. The van der Waals surface area contributed by atoms with Crippen molar-refractivity contribution in [3.05, 3.63) is 12.7 Å². The van der Waals surface area contributed by atoms with Crippen molar-refractivity contribution in [2.45, 2.75) is 50.5 Å². The van der Waals surface area contributed by atoms with Crippen LogP contribution in [0.25, 0.3) is 0 Å². The molecule has 0 saturated carbocycles. The number of hydrogen-bond donors (Lipinski definition) is 0. The van der Waals surface area contributed by atoms with E-state index in [2.05, 4.69) is 12.5 Å². The van der Waals surface area contributed by atoms with Gasteiger partial charge in [-0.25, -0.2) is 9.59 Å². The number of ether oxygens (including phenoxy) is 6. The van der Waals surface area contributed by atoms with Crippen LogP contribution in [0.2, 0.25) is 0 Å². The molecule has 4 unspecified atom stereocenters. The van der Waals surface area contributed by atoms with Crippen LogP contribution in [0, 0.1) is 12.3 Å². The van der Waals surface area contributed by atoms with Crippen LogP contribution < -0.4 is 0 Å². The molecule has 0 spiro atoms. The van der Waals surface area contributed by atoms with E-state index in [4.69, 9.17) is 34.8 Å². The average molecular weight is 370 g/mol. The molecule has 0 amide bonds. The van der Waals surface area contributed by atoms with E-state index < -0.39 is 35.7 Å². The van der Waals surface area contributed by atoms with Crippen molar-refractivity contribution in [1.29, 1.82) is 0 Å². The summed E-state index contributed by atoms with van der Waals surface area (Å²) in [5, 5.41) is 0. The first-order chi connectivity index (χ1) is 12.3. The normalized spacial score (nSPS) is 30.9. The summed E-state index contributed by atoms with van der Waals surface area (Å²) in [5.74, 6) is -2.20. The predicted molar refractivity (Wildman–Crippen MR) is 90.8 cm³/mol. The SMILES string of the molecule is C#CCCOC(=O)C1OC(C)(OC)C(C)(OC)OC1C(=O)OCCC=C. The van der Waals surface area contributed by atoms with Crippen LogP contribution in [0.4, 0.5) is 0 Å². The van der Waals surface area contributed by atoms with Crippen molar-refractivity contribution in [2.75, 3.05) is 27.4 Å². The van der Waals surface area contributed by atoms with Gasteiger partial charge in [-0.2, -0.15) is 0 Å². The van der Waals surface area contributed by atoms with Gasteiger partial charge in [0.05, 0.1) is 6.61 Å². The fourth-order valence-corrected chi connectivity index (χ4v) is 2.25. The Labute approximate surface area is 153 Å². The lowest BCUT2D eigenvalue weighted by Crippen LogP contribution is -2.68. The highest BCUT2D eigenvalue weighted by Gasteiger charge is 2.60. The lowest BCUT2D eigenvalue weighted by molar-refractivity contribution is -0.439. The number of hydrogen-bond acceptors (Lipinski definition) is 8. The van der Waals surface area contributed by atoms with Crippen molar-refractivity contribution >= 4 is 11.9 Å². The number of carbonyl (C=O) groups is 2. The third-order valence-electron chi connectivity index (χ3n) is 4.10. The Kier molecular flexibility index (Phi) is 8.24. The largest absolute Gasteiger partial charge is 0.463 e. The number of methoxy groups -OCH3 is 2. The molecule has 4 atom stereocenters. The molecule has 26 heavy (non-hydrogen) atoms. The molecule has 8 nitrogen and oxygen atoms in total. The zero-order valence-electron chi connectivity index (χ0n) is 15.6. The zero-order chi connectivity index (χ0) is 19.8. The molecule has 1 fully saturated rings. The zero-order valence-corrected chi connectivity index (χ0v) is 15.6. The smallest absolute Gasteiger partial charge is 0.338 e. The van der Waals surface area contributed by atoms with E-state index in [1.54, 1.807) is 6.08 Å². The van der Waals surface area contributed by atoms with Crippen LogP contribution in [0.3, 0.4) is 0 Å². The van der Waals surface area contributed by atoms with E-state index in [-0.39, 0.29) is 19.6 Å². The van der Waals surface area contributed by atoms with Crippen molar-refractivity contribution < 1.29 is 38.0 Å². The van der Waals surface area contributed by atoms with E-state index in [0.717, 1.165) is 0 Å². The molecule has 1 saturated heterocycles. The maximum atomic E-state index is 12.4. The predicted octanol–water partition coefficient (Wildman–Crippen LogP) is 1.18. The molecule has 0 aromatic rings. The summed E-state index contributed by atoms with van der Waals surface area (Å²) in [6, 6.07) is 0. The first-order valence-electron chi connectivity index (χ1n) is 8.12. The topological polar surface area (TPSA) is 89.5 Å². The highest BCUT2D eigenvalue weighted by Crippen LogP contribution is 2.39. The van der Waals surface area contributed by atoms with Gasteiger partial charge in [-0.15, -0.1) is 18.9 Å². The van der Waals surface area contributed by atoms with Crippen LogP contribution >= 0.6 is 0 Å². The summed E-state index contributed by atoms with van der Waals surface area (Å²) in [7, 11) is 2.73. The van der Waals surface area contributed by atoms with Crippen molar-refractivity contribution in [3.8, 4) is 12.3 Å². The maximum Gasteiger partial charge on any atom is 0.338 e. The van der Waals surface area contributed by atoms with Crippen molar-refractivity contribution in [1.82, 2.24) is 0 Å². The summed E-state index contributed by atoms with van der Waals surface area (Å²) in [4.78, 5) is 24.8. The number of carbonyl (C=O) groups excluding carboxylic acids is 2. The first kappa shape index (κ1) is 22.1. The molecule has 0 radical (unpaired) electrons. The Balaban J connectivity index is 3.05. The molecule has 0 N–H and O–H groups in total.